The van der Waals surface area contributed by atoms with Crippen molar-refractivity contribution in [3.63, 3.8) is 0 Å². The molecule has 1 fully saturated rings. The SMILES string of the molecule is CCCNC1CCCCC1Cc1ccc(C(C)(C)C)cc1. The highest BCUT2D eigenvalue weighted by Gasteiger charge is 2.24. The predicted octanol–water partition coefficient (Wildman–Crippen LogP) is 5.09. The third-order valence-corrected chi connectivity index (χ3v) is 4.88. The summed E-state index contributed by atoms with van der Waals surface area (Å²) in [5.41, 5.74) is 3.21. The zero-order valence-corrected chi connectivity index (χ0v) is 14.4. The minimum atomic E-state index is 0.259. The first-order valence-electron chi connectivity index (χ1n) is 8.83. The van der Waals surface area contributed by atoms with E-state index in [1.807, 2.05) is 0 Å². The number of hydrogen-bond donors (Lipinski definition) is 1. The Kier molecular flexibility index (Phi) is 5.87. The normalized spacial score (nSPS) is 23.2. The third kappa shape index (κ3) is 4.85. The van der Waals surface area contributed by atoms with E-state index >= 15 is 0 Å². The van der Waals surface area contributed by atoms with Gasteiger partial charge in [0.15, 0.2) is 0 Å². The van der Waals surface area contributed by atoms with Gasteiger partial charge in [0.1, 0.15) is 0 Å². The molecule has 0 bridgehead atoms. The van der Waals surface area contributed by atoms with E-state index in [4.69, 9.17) is 0 Å². The molecule has 0 saturated heterocycles. The van der Waals surface area contributed by atoms with Gasteiger partial charge in [0, 0.05) is 6.04 Å². The Morgan fingerprint density at radius 3 is 2.33 bits per heavy atom. The summed E-state index contributed by atoms with van der Waals surface area (Å²) in [6, 6.07) is 10.1. The maximum atomic E-state index is 3.78. The van der Waals surface area contributed by atoms with E-state index in [9.17, 15) is 0 Å². The van der Waals surface area contributed by atoms with Crippen LogP contribution in [0.5, 0.6) is 0 Å². The summed E-state index contributed by atoms with van der Waals surface area (Å²) in [6.07, 6.45) is 8.05. The molecule has 1 heteroatoms. The number of rotatable bonds is 5. The van der Waals surface area contributed by atoms with Crippen molar-refractivity contribution in [1.29, 1.82) is 0 Å². The van der Waals surface area contributed by atoms with Crippen molar-refractivity contribution in [3.8, 4) is 0 Å². The van der Waals surface area contributed by atoms with Crippen LogP contribution in [0.4, 0.5) is 0 Å². The van der Waals surface area contributed by atoms with Gasteiger partial charge in [-0.15, -0.1) is 0 Å². The first-order chi connectivity index (χ1) is 10.0. The summed E-state index contributed by atoms with van der Waals surface area (Å²) in [7, 11) is 0. The van der Waals surface area contributed by atoms with Gasteiger partial charge in [-0.2, -0.15) is 0 Å². The molecule has 2 rings (SSSR count). The molecule has 1 aromatic carbocycles. The lowest BCUT2D eigenvalue weighted by Crippen LogP contribution is -2.39. The maximum absolute atomic E-state index is 3.78. The molecule has 2 unspecified atom stereocenters. The van der Waals surface area contributed by atoms with Crippen LogP contribution in [0, 0.1) is 5.92 Å². The Morgan fingerprint density at radius 2 is 1.71 bits per heavy atom. The largest absolute Gasteiger partial charge is 0.314 e. The van der Waals surface area contributed by atoms with Gasteiger partial charge in [-0.25, -0.2) is 0 Å². The molecule has 1 aromatic rings. The molecule has 0 aromatic heterocycles. The van der Waals surface area contributed by atoms with Gasteiger partial charge < -0.3 is 5.32 Å². The van der Waals surface area contributed by atoms with Crippen LogP contribution in [-0.2, 0) is 11.8 Å². The topological polar surface area (TPSA) is 12.0 Å². The van der Waals surface area contributed by atoms with E-state index in [0.717, 1.165) is 12.0 Å². The minimum absolute atomic E-state index is 0.259. The van der Waals surface area contributed by atoms with Crippen LogP contribution < -0.4 is 5.32 Å². The fourth-order valence-electron chi connectivity index (χ4n) is 3.49. The van der Waals surface area contributed by atoms with Crippen molar-refractivity contribution in [2.45, 2.75) is 77.7 Å². The zero-order valence-electron chi connectivity index (χ0n) is 14.4. The van der Waals surface area contributed by atoms with Crippen molar-refractivity contribution in [3.05, 3.63) is 35.4 Å². The first-order valence-corrected chi connectivity index (χ1v) is 8.83. The summed E-state index contributed by atoms with van der Waals surface area (Å²) < 4.78 is 0. The second-order valence-corrected chi connectivity index (χ2v) is 7.76. The molecule has 0 heterocycles. The molecule has 1 N–H and O–H groups in total. The fourth-order valence-corrected chi connectivity index (χ4v) is 3.49. The Labute approximate surface area is 131 Å². The average molecular weight is 287 g/mol. The van der Waals surface area contributed by atoms with Crippen LogP contribution in [-0.4, -0.2) is 12.6 Å². The van der Waals surface area contributed by atoms with Crippen molar-refractivity contribution in [2.75, 3.05) is 6.54 Å². The molecule has 1 saturated carbocycles. The van der Waals surface area contributed by atoms with Crippen molar-refractivity contribution in [1.82, 2.24) is 5.32 Å². The molecular weight excluding hydrogens is 254 g/mol. The molecule has 21 heavy (non-hydrogen) atoms. The second-order valence-electron chi connectivity index (χ2n) is 7.76. The summed E-state index contributed by atoms with van der Waals surface area (Å²) in [5.74, 6) is 0.825. The molecule has 118 valence electrons. The van der Waals surface area contributed by atoms with E-state index in [2.05, 4.69) is 57.3 Å². The van der Waals surface area contributed by atoms with Gasteiger partial charge in [-0.05, 0) is 54.7 Å². The molecule has 1 aliphatic carbocycles. The maximum Gasteiger partial charge on any atom is 0.00984 e. The van der Waals surface area contributed by atoms with Crippen LogP contribution in [0.15, 0.2) is 24.3 Å². The van der Waals surface area contributed by atoms with Crippen LogP contribution in [0.25, 0.3) is 0 Å². The monoisotopic (exact) mass is 287 g/mol. The van der Waals surface area contributed by atoms with Gasteiger partial charge >= 0.3 is 0 Å². The van der Waals surface area contributed by atoms with Crippen molar-refractivity contribution >= 4 is 0 Å². The molecule has 0 spiro atoms. The highest BCUT2D eigenvalue weighted by Crippen LogP contribution is 2.29. The van der Waals surface area contributed by atoms with E-state index < -0.39 is 0 Å². The van der Waals surface area contributed by atoms with Gasteiger partial charge in [0.05, 0.1) is 0 Å². The lowest BCUT2D eigenvalue weighted by Gasteiger charge is -2.32. The molecular formula is C20H33N. The molecule has 1 aliphatic rings. The van der Waals surface area contributed by atoms with Crippen molar-refractivity contribution in [2.24, 2.45) is 5.92 Å². The quantitative estimate of drug-likeness (QED) is 0.796. The Bertz CT molecular complexity index is 412. The second kappa shape index (κ2) is 7.45. The van der Waals surface area contributed by atoms with Crippen LogP contribution in [0.2, 0.25) is 0 Å². The van der Waals surface area contributed by atoms with Crippen LogP contribution in [0.3, 0.4) is 0 Å². The van der Waals surface area contributed by atoms with E-state index in [1.165, 1.54) is 56.2 Å². The lowest BCUT2D eigenvalue weighted by molar-refractivity contribution is 0.261. The lowest BCUT2D eigenvalue weighted by atomic mass is 9.80. The predicted molar refractivity (Wildman–Crippen MR) is 92.9 cm³/mol. The van der Waals surface area contributed by atoms with Crippen LogP contribution >= 0.6 is 0 Å². The number of benzene rings is 1. The molecule has 0 radical (unpaired) electrons. The third-order valence-electron chi connectivity index (χ3n) is 4.88. The fraction of sp³-hybridized carbons (Fsp3) is 0.700. The Hall–Kier alpha value is -0.820. The van der Waals surface area contributed by atoms with E-state index in [0.29, 0.717) is 0 Å². The first kappa shape index (κ1) is 16.5. The van der Waals surface area contributed by atoms with Gasteiger partial charge in [-0.3, -0.25) is 0 Å². The summed E-state index contributed by atoms with van der Waals surface area (Å²) in [4.78, 5) is 0. The van der Waals surface area contributed by atoms with Gasteiger partial charge in [0.2, 0.25) is 0 Å². The summed E-state index contributed by atoms with van der Waals surface area (Å²) >= 11 is 0. The smallest absolute Gasteiger partial charge is 0.00984 e. The molecule has 0 amide bonds. The Balaban J connectivity index is 1.98. The van der Waals surface area contributed by atoms with Gasteiger partial charge in [0.25, 0.3) is 0 Å². The van der Waals surface area contributed by atoms with E-state index in [-0.39, 0.29) is 5.41 Å². The zero-order chi connectivity index (χ0) is 15.3. The number of hydrogen-bond acceptors (Lipinski definition) is 1. The molecule has 1 nitrogen and oxygen atoms in total. The van der Waals surface area contributed by atoms with Crippen LogP contribution in [0.1, 0.15) is 70.9 Å². The highest BCUT2D eigenvalue weighted by atomic mass is 14.9. The summed E-state index contributed by atoms with van der Waals surface area (Å²) in [5, 5.41) is 3.78. The Morgan fingerprint density at radius 1 is 1.05 bits per heavy atom. The highest BCUT2D eigenvalue weighted by molar-refractivity contribution is 5.27. The summed E-state index contributed by atoms with van der Waals surface area (Å²) in [6.45, 7) is 10.3. The van der Waals surface area contributed by atoms with Crippen molar-refractivity contribution < 1.29 is 0 Å². The molecule has 2 atom stereocenters. The number of nitrogens with one attached hydrogen (secondary N) is 1. The van der Waals surface area contributed by atoms with Gasteiger partial charge in [-0.1, -0.05) is 64.8 Å². The standard InChI is InChI=1S/C20H33N/c1-5-14-21-19-9-7-6-8-17(19)15-16-10-12-18(13-11-16)20(2,3)4/h10-13,17,19,21H,5-9,14-15H2,1-4H3. The average Bonchev–Trinajstić information content (AvgIpc) is 2.46. The van der Waals surface area contributed by atoms with E-state index in [1.54, 1.807) is 0 Å². The minimum Gasteiger partial charge on any atom is -0.314 e. The molecule has 0 aliphatic heterocycles.